The number of carboxylic acids is 1. The number of benzene rings is 1. The Hall–Kier alpha value is -2.88. The summed E-state index contributed by atoms with van der Waals surface area (Å²) in [5.41, 5.74) is 1.13. The number of aliphatic imine (C=N–C) groups is 1. The summed E-state index contributed by atoms with van der Waals surface area (Å²) >= 11 is 0. The van der Waals surface area contributed by atoms with Gasteiger partial charge in [0.25, 0.3) is 0 Å². The van der Waals surface area contributed by atoms with E-state index in [9.17, 15) is 22.7 Å². The van der Waals surface area contributed by atoms with Crippen LogP contribution in [0.3, 0.4) is 0 Å². The molecule has 0 saturated carbocycles. The summed E-state index contributed by atoms with van der Waals surface area (Å²) in [7, 11) is -2.19. The molecule has 5 N–H and O–H groups in total. The van der Waals surface area contributed by atoms with E-state index in [2.05, 4.69) is 10.6 Å². The second-order valence-corrected chi connectivity index (χ2v) is 13.6. The van der Waals surface area contributed by atoms with Gasteiger partial charge < -0.3 is 35.4 Å². The lowest BCUT2D eigenvalue weighted by Gasteiger charge is -2.41. The summed E-state index contributed by atoms with van der Waals surface area (Å²) in [6, 6.07) is 5.91. The zero-order valence-corrected chi connectivity index (χ0v) is 27.3. The third kappa shape index (κ3) is 10.6. The highest BCUT2D eigenvalue weighted by Crippen LogP contribution is 2.39. The lowest BCUT2D eigenvalue weighted by atomic mass is 9.78. The van der Waals surface area contributed by atoms with Crippen molar-refractivity contribution in [2.75, 3.05) is 39.6 Å². The SMILES string of the molecule is CC(C)C1(C)N=C(N(C)S(C)(=O)=O)NC(c2ccc(F)cc2)=C1/C=C/[C@@H]1C[C@H](CC(=O)O)OC(C)(C)O1.OCCNCCO. The highest BCUT2D eigenvalue weighted by molar-refractivity contribution is 7.88. The molecule has 1 fully saturated rings. The van der Waals surface area contributed by atoms with Crippen LogP contribution in [0.2, 0.25) is 0 Å². The number of carboxylic acid groups (broad SMARTS) is 1. The minimum absolute atomic E-state index is 0.0561. The first kappa shape index (κ1) is 37.3. The Balaban J connectivity index is 0.000000860. The van der Waals surface area contributed by atoms with Crippen molar-refractivity contribution in [3.8, 4) is 0 Å². The molecule has 0 radical (unpaired) electrons. The predicted molar refractivity (Wildman–Crippen MR) is 167 cm³/mol. The topological polar surface area (TPSA) is 170 Å². The Morgan fingerprint density at radius 1 is 1.18 bits per heavy atom. The van der Waals surface area contributed by atoms with Gasteiger partial charge in [0, 0.05) is 32.1 Å². The fourth-order valence-corrected chi connectivity index (χ4v) is 5.06. The monoisotopic (exact) mass is 642 g/mol. The average Bonchev–Trinajstić information content (AvgIpc) is 2.91. The van der Waals surface area contributed by atoms with E-state index in [1.807, 2.05) is 32.9 Å². The van der Waals surface area contributed by atoms with Crippen molar-refractivity contribution in [2.45, 2.75) is 71.0 Å². The average molecular weight is 643 g/mol. The van der Waals surface area contributed by atoms with Gasteiger partial charge in [0.2, 0.25) is 16.0 Å². The van der Waals surface area contributed by atoms with Crippen molar-refractivity contribution in [3.63, 3.8) is 0 Å². The summed E-state index contributed by atoms with van der Waals surface area (Å²) < 4.78 is 51.3. The second kappa shape index (κ2) is 15.9. The van der Waals surface area contributed by atoms with Gasteiger partial charge in [-0.1, -0.05) is 26.0 Å². The van der Waals surface area contributed by atoms with E-state index in [0.29, 0.717) is 30.8 Å². The predicted octanol–water partition coefficient (Wildman–Crippen LogP) is 2.30. The minimum Gasteiger partial charge on any atom is -0.481 e. The van der Waals surface area contributed by atoms with Gasteiger partial charge in [-0.05, 0) is 56.5 Å². The van der Waals surface area contributed by atoms with Crippen LogP contribution >= 0.6 is 0 Å². The van der Waals surface area contributed by atoms with E-state index in [4.69, 9.17) is 24.7 Å². The number of sulfonamides is 1. The molecule has 1 aromatic rings. The molecule has 2 aliphatic rings. The number of aliphatic hydroxyl groups is 2. The Labute approximate surface area is 259 Å². The zero-order valence-electron chi connectivity index (χ0n) is 26.5. The standard InChI is InChI=1S/C26H36FN3O6S.C4H11NO2/c1-16(2)26(5)21(13-12-19-14-20(15-22(31)32)36-25(3,4)35-19)23(17-8-10-18(27)11-9-17)28-24(29-26)30(6)37(7,33)34;6-3-1-5-2-4-7/h8-13,16,19-20H,14-15H2,1-7H3,(H,28,29)(H,31,32);5-7H,1-4H2/b13-12+;/t19-,20-,26?;/m1./s1. The number of rotatable bonds is 11. The third-order valence-corrected chi connectivity index (χ3v) is 8.45. The van der Waals surface area contributed by atoms with Crippen LogP contribution in [-0.2, 0) is 24.3 Å². The molecule has 0 aromatic heterocycles. The van der Waals surface area contributed by atoms with E-state index in [1.165, 1.54) is 19.2 Å². The largest absolute Gasteiger partial charge is 0.481 e. The number of hydrogen-bond donors (Lipinski definition) is 5. The first-order valence-corrected chi connectivity index (χ1v) is 16.3. The smallest absolute Gasteiger partial charge is 0.305 e. The van der Waals surface area contributed by atoms with Gasteiger partial charge in [-0.15, -0.1) is 0 Å². The second-order valence-electron chi connectivity index (χ2n) is 11.6. The van der Waals surface area contributed by atoms with Crippen molar-refractivity contribution in [1.29, 1.82) is 0 Å². The van der Waals surface area contributed by atoms with Crippen molar-refractivity contribution >= 4 is 27.6 Å². The van der Waals surface area contributed by atoms with Crippen LogP contribution in [0.4, 0.5) is 4.39 Å². The molecule has 0 spiro atoms. The minimum atomic E-state index is -3.61. The summed E-state index contributed by atoms with van der Waals surface area (Å²) in [5.74, 6) is -2.22. The lowest BCUT2D eigenvalue weighted by Crippen LogP contribution is -2.49. The van der Waals surface area contributed by atoms with E-state index in [-0.39, 0.29) is 31.5 Å². The number of halogens is 1. The number of carbonyl (C=O) groups is 1. The number of aliphatic carboxylic acids is 1. The highest BCUT2D eigenvalue weighted by Gasteiger charge is 2.40. The van der Waals surface area contributed by atoms with Gasteiger partial charge in [0.05, 0.1) is 49.3 Å². The van der Waals surface area contributed by atoms with Crippen LogP contribution in [0, 0.1) is 11.7 Å². The molecule has 248 valence electrons. The Bertz CT molecular complexity index is 1310. The van der Waals surface area contributed by atoms with Gasteiger partial charge in [-0.2, -0.15) is 0 Å². The van der Waals surface area contributed by atoms with Crippen LogP contribution in [0.25, 0.3) is 5.70 Å². The van der Waals surface area contributed by atoms with Gasteiger partial charge in [-0.3, -0.25) is 4.79 Å². The Morgan fingerprint density at radius 3 is 2.27 bits per heavy atom. The maximum absolute atomic E-state index is 13.8. The molecular weight excluding hydrogens is 595 g/mol. The van der Waals surface area contributed by atoms with Crippen molar-refractivity contribution in [2.24, 2.45) is 10.9 Å². The number of ether oxygens (including phenoxy) is 2. The summed E-state index contributed by atoms with van der Waals surface area (Å²) in [6.45, 7) is 10.8. The van der Waals surface area contributed by atoms with Crippen LogP contribution in [0.1, 0.15) is 53.0 Å². The van der Waals surface area contributed by atoms with Crippen molar-refractivity contribution in [3.05, 3.63) is 53.4 Å². The molecule has 1 unspecified atom stereocenters. The molecule has 3 atom stereocenters. The molecule has 0 amide bonds. The molecule has 2 heterocycles. The van der Waals surface area contributed by atoms with Crippen LogP contribution < -0.4 is 10.6 Å². The first-order chi connectivity index (χ1) is 20.4. The molecule has 44 heavy (non-hydrogen) atoms. The normalized spacial score (nSPS) is 23.6. The molecular formula is C30H47FN4O8S. The molecule has 2 aliphatic heterocycles. The number of nitrogens with one attached hydrogen (secondary N) is 2. The fraction of sp³-hybridized carbons (Fsp3) is 0.600. The van der Waals surface area contributed by atoms with Gasteiger partial charge in [-0.25, -0.2) is 22.1 Å². The molecule has 3 rings (SSSR count). The first-order valence-electron chi connectivity index (χ1n) is 14.4. The number of guanidine groups is 1. The van der Waals surface area contributed by atoms with Gasteiger partial charge >= 0.3 is 5.97 Å². The number of hydrogen-bond acceptors (Lipinski definition) is 10. The quantitative estimate of drug-likeness (QED) is 0.226. The molecule has 1 saturated heterocycles. The van der Waals surface area contributed by atoms with Crippen LogP contribution in [0.5, 0.6) is 0 Å². The molecule has 0 bridgehead atoms. The van der Waals surface area contributed by atoms with Crippen LogP contribution in [-0.4, -0.2) is 103 Å². The maximum Gasteiger partial charge on any atom is 0.305 e. The molecule has 12 nitrogen and oxygen atoms in total. The molecule has 1 aromatic carbocycles. The maximum atomic E-state index is 13.8. The number of aliphatic hydroxyl groups excluding tert-OH is 2. The Kier molecular flexibility index (Phi) is 13.5. The van der Waals surface area contributed by atoms with Crippen molar-refractivity contribution in [1.82, 2.24) is 14.9 Å². The third-order valence-electron chi connectivity index (χ3n) is 7.28. The summed E-state index contributed by atoms with van der Waals surface area (Å²) in [4.78, 5) is 16.1. The van der Waals surface area contributed by atoms with E-state index >= 15 is 0 Å². The fourth-order valence-electron chi connectivity index (χ4n) is 4.66. The molecule has 0 aliphatic carbocycles. The molecule has 14 heteroatoms. The Morgan fingerprint density at radius 2 is 1.77 bits per heavy atom. The lowest BCUT2D eigenvalue weighted by molar-refractivity contribution is -0.290. The zero-order chi connectivity index (χ0) is 33.3. The van der Waals surface area contributed by atoms with Gasteiger partial charge in [0.15, 0.2) is 5.79 Å². The number of nitrogens with zero attached hydrogens (tertiary/aromatic N) is 2. The van der Waals surface area contributed by atoms with E-state index in [1.54, 1.807) is 26.0 Å². The summed E-state index contributed by atoms with van der Waals surface area (Å²) in [6.07, 6.45) is 4.07. The van der Waals surface area contributed by atoms with Crippen molar-refractivity contribution < 1.29 is 42.4 Å². The van der Waals surface area contributed by atoms with Crippen LogP contribution in [0.15, 0.2) is 47.0 Å². The summed E-state index contributed by atoms with van der Waals surface area (Å²) in [5, 5.41) is 31.5. The highest BCUT2D eigenvalue weighted by atomic mass is 32.2. The van der Waals surface area contributed by atoms with E-state index < -0.39 is 45.3 Å². The van der Waals surface area contributed by atoms with E-state index in [0.717, 1.165) is 16.1 Å². The van der Waals surface area contributed by atoms with Gasteiger partial charge in [0.1, 0.15) is 5.82 Å².